The normalized spacial score (nSPS) is 22.3. The Balaban J connectivity index is 1.18. The predicted molar refractivity (Wildman–Crippen MR) is 111 cm³/mol. The summed E-state index contributed by atoms with van der Waals surface area (Å²) in [6.07, 6.45) is 7.05. The molecule has 29 heavy (non-hydrogen) atoms. The molecule has 5 rings (SSSR count). The van der Waals surface area contributed by atoms with Gasteiger partial charge in [0.2, 0.25) is 5.95 Å². The van der Waals surface area contributed by atoms with Crippen LogP contribution in [-0.2, 0) is 15.9 Å². The van der Waals surface area contributed by atoms with Crippen molar-refractivity contribution < 1.29 is 9.47 Å². The lowest BCUT2D eigenvalue weighted by Gasteiger charge is -2.37. The van der Waals surface area contributed by atoms with E-state index in [9.17, 15) is 0 Å². The lowest BCUT2D eigenvalue weighted by molar-refractivity contribution is -0.169. The standard InChI is InChI=1S/C22H29N5O2/c1-2-4-18(5-3-1)16-19-6-10-26(11-7-19)20-17-23-25-21(24-20)27-12-8-22(9-13-27)28-14-15-29-22/h1-5,17,19H,6-16H2. The fraction of sp³-hybridized carbons (Fsp3) is 0.591. The van der Waals surface area contributed by atoms with E-state index in [1.54, 1.807) is 6.20 Å². The monoisotopic (exact) mass is 395 g/mol. The molecule has 4 heterocycles. The Kier molecular flexibility index (Phi) is 5.33. The van der Waals surface area contributed by atoms with Crippen LogP contribution in [0.1, 0.15) is 31.2 Å². The first-order valence-electron chi connectivity index (χ1n) is 10.8. The Morgan fingerprint density at radius 1 is 0.931 bits per heavy atom. The first-order chi connectivity index (χ1) is 14.3. The molecule has 7 heteroatoms. The summed E-state index contributed by atoms with van der Waals surface area (Å²) in [7, 11) is 0. The highest BCUT2D eigenvalue weighted by Crippen LogP contribution is 2.32. The summed E-state index contributed by atoms with van der Waals surface area (Å²) < 4.78 is 11.6. The molecule has 0 N–H and O–H groups in total. The Bertz CT molecular complexity index is 794. The van der Waals surface area contributed by atoms with Crippen LogP contribution in [-0.4, -0.2) is 60.4 Å². The minimum Gasteiger partial charge on any atom is -0.355 e. The predicted octanol–water partition coefficient (Wildman–Crippen LogP) is 2.67. The second-order valence-electron chi connectivity index (χ2n) is 8.33. The highest BCUT2D eigenvalue weighted by atomic mass is 16.7. The topological polar surface area (TPSA) is 63.6 Å². The molecular formula is C22H29N5O2. The highest BCUT2D eigenvalue weighted by Gasteiger charge is 2.40. The third-order valence-electron chi connectivity index (χ3n) is 6.46. The molecule has 1 aromatic heterocycles. The van der Waals surface area contributed by atoms with Crippen LogP contribution in [0.3, 0.4) is 0 Å². The van der Waals surface area contributed by atoms with E-state index in [0.717, 1.165) is 56.7 Å². The van der Waals surface area contributed by atoms with Crippen LogP contribution in [0.15, 0.2) is 36.5 Å². The maximum Gasteiger partial charge on any atom is 0.247 e. The number of benzene rings is 1. The van der Waals surface area contributed by atoms with Crippen molar-refractivity contribution in [3.63, 3.8) is 0 Å². The molecule has 0 atom stereocenters. The van der Waals surface area contributed by atoms with Gasteiger partial charge in [-0.1, -0.05) is 30.3 Å². The summed E-state index contributed by atoms with van der Waals surface area (Å²) in [6.45, 7) is 5.14. The van der Waals surface area contributed by atoms with Crippen molar-refractivity contribution in [2.24, 2.45) is 5.92 Å². The Labute approximate surface area is 172 Å². The van der Waals surface area contributed by atoms with Crippen molar-refractivity contribution in [2.75, 3.05) is 49.2 Å². The van der Waals surface area contributed by atoms with E-state index < -0.39 is 0 Å². The second-order valence-corrected chi connectivity index (χ2v) is 8.33. The van der Waals surface area contributed by atoms with Crippen molar-refractivity contribution in [3.8, 4) is 0 Å². The van der Waals surface area contributed by atoms with Crippen molar-refractivity contribution >= 4 is 11.8 Å². The van der Waals surface area contributed by atoms with E-state index >= 15 is 0 Å². The number of rotatable bonds is 4. The average molecular weight is 396 g/mol. The zero-order valence-corrected chi connectivity index (χ0v) is 16.9. The van der Waals surface area contributed by atoms with Gasteiger partial charge in [-0.3, -0.25) is 0 Å². The fourth-order valence-corrected chi connectivity index (χ4v) is 4.72. The minimum atomic E-state index is -0.373. The lowest BCUT2D eigenvalue weighted by Crippen LogP contribution is -2.46. The zero-order valence-electron chi connectivity index (χ0n) is 16.9. The molecule has 1 aromatic carbocycles. The van der Waals surface area contributed by atoms with Crippen LogP contribution >= 0.6 is 0 Å². The van der Waals surface area contributed by atoms with Crippen LogP contribution < -0.4 is 9.80 Å². The van der Waals surface area contributed by atoms with Crippen LogP contribution in [0.4, 0.5) is 11.8 Å². The first-order valence-corrected chi connectivity index (χ1v) is 10.8. The molecule has 7 nitrogen and oxygen atoms in total. The van der Waals surface area contributed by atoms with E-state index in [4.69, 9.17) is 14.5 Å². The highest BCUT2D eigenvalue weighted by molar-refractivity contribution is 5.42. The third kappa shape index (κ3) is 4.21. The average Bonchev–Trinajstić information content (AvgIpc) is 3.23. The van der Waals surface area contributed by atoms with E-state index in [2.05, 4.69) is 50.3 Å². The van der Waals surface area contributed by atoms with Crippen LogP contribution in [0, 0.1) is 5.92 Å². The summed E-state index contributed by atoms with van der Waals surface area (Å²) in [4.78, 5) is 9.40. The molecule has 1 spiro atoms. The van der Waals surface area contributed by atoms with Crippen LogP contribution in [0.5, 0.6) is 0 Å². The molecule has 3 saturated heterocycles. The maximum absolute atomic E-state index is 5.82. The van der Waals surface area contributed by atoms with E-state index in [1.807, 2.05) is 0 Å². The van der Waals surface area contributed by atoms with Crippen molar-refractivity contribution in [1.82, 2.24) is 15.2 Å². The summed E-state index contributed by atoms with van der Waals surface area (Å²) >= 11 is 0. The number of piperidine rings is 2. The Morgan fingerprint density at radius 2 is 1.66 bits per heavy atom. The number of hydrogen-bond donors (Lipinski definition) is 0. The van der Waals surface area contributed by atoms with Gasteiger partial charge in [0, 0.05) is 39.0 Å². The van der Waals surface area contributed by atoms with Crippen LogP contribution in [0.2, 0.25) is 0 Å². The minimum absolute atomic E-state index is 0.373. The molecule has 0 bridgehead atoms. The molecular weight excluding hydrogens is 366 g/mol. The van der Waals surface area contributed by atoms with Gasteiger partial charge in [-0.2, -0.15) is 10.1 Å². The van der Waals surface area contributed by atoms with Crippen molar-refractivity contribution in [2.45, 2.75) is 37.9 Å². The van der Waals surface area contributed by atoms with E-state index in [0.29, 0.717) is 13.2 Å². The van der Waals surface area contributed by atoms with Gasteiger partial charge < -0.3 is 19.3 Å². The number of hydrogen-bond acceptors (Lipinski definition) is 7. The smallest absolute Gasteiger partial charge is 0.247 e. The lowest BCUT2D eigenvalue weighted by atomic mass is 9.90. The van der Waals surface area contributed by atoms with Gasteiger partial charge in [0.15, 0.2) is 11.6 Å². The number of ether oxygens (including phenoxy) is 2. The largest absolute Gasteiger partial charge is 0.355 e. The first kappa shape index (κ1) is 18.8. The molecule has 3 aliphatic heterocycles. The quantitative estimate of drug-likeness (QED) is 0.789. The van der Waals surface area contributed by atoms with Crippen LogP contribution in [0.25, 0.3) is 0 Å². The molecule has 3 aliphatic rings. The number of anilines is 2. The van der Waals surface area contributed by atoms with Gasteiger partial charge in [-0.15, -0.1) is 5.10 Å². The molecule has 0 aliphatic carbocycles. The fourth-order valence-electron chi connectivity index (χ4n) is 4.72. The summed E-state index contributed by atoms with van der Waals surface area (Å²) in [6, 6.07) is 10.8. The van der Waals surface area contributed by atoms with Gasteiger partial charge in [-0.05, 0) is 30.7 Å². The zero-order chi connectivity index (χ0) is 19.5. The Hall–Kier alpha value is -2.25. The molecule has 0 amide bonds. The van der Waals surface area contributed by atoms with E-state index in [-0.39, 0.29) is 5.79 Å². The van der Waals surface area contributed by atoms with Gasteiger partial charge >= 0.3 is 0 Å². The molecule has 3 fully saturated rings. The Morgan fingerprint density at radius 3 is 2.38 bits per heavy atom. The van der Waals surface area contributed by atoms with Gasteiger partial charge in [0.1, 0.15) is 0 Å². The van der Waals surface area contributed by atoms with E-state index in [1.165, 1.54) is 24.8 Å². The van der Waals surface area contributed by atoms with Gasteiger partial charge in [-0.25, -0.2) is 0 Å². The molecule has 0 unspecified atom stereocenters. The van der Waals surface area contributed by atoms with Gasteiger partial charge in [0.05, 0.1) is 19.4 Å². The summed E-state index contributed by atoms with van der Waals surface area (Å²) in [5.41, 5.74) is 1.44. The molecule has 0 saturated carbocycles. The SMILES string of the molecule is c1ccc(CC2CCN(c3cnnc(N4CCC5(CC4)OCCO5)n3)CC2)cc1. The summed E-state index contributed by atoms with van der Waals surface area (Å²) in [5.74, 6) is 2.04. The molecule has 2 aromatic rings. The van der Waals surface area contributed by atoms with Crippen molar-refractivity contribution in [1.29, 1.82) is 0 Å². The third-order valence-corrected chi connectivity index (χ3v) is 6.46. The molecule has 154 valence electrons. The molecule has 0 radical (unpaired) electrons. The number of aromatic nitrogens is 3. The van der Waals surface area contributed by atoms with Gasteiger partial charge in [0.25, 0.3) is 0 Å². The van der Waals surface area contributed by atoms with Crippen molar-refractivity contribution in [3.05, 3.63) is 42.1 Å². The number of nitrogens with zero attached hydrogens (tertiary/aromatic N) is 5. The summed E-state index contributed by atoms with van der Waals surface area (Å²) in [5, 5.41) is 8.55. The second kappa shape index (κ2) is 8.24. The maximum atomic E-state index is 5.82.